The standard InChI is InChI=1S/C17H17F3N2/c18-17(19,20)15-10-14(21)8-7-13(15)11-22-9-3-5-12-4-1-2-6-16(12)22/h1-2,4,6-8,10H,3,5,9,11,21H2. The first-order valence-electron chi connectivity index (χ1n) is 7.23. The number of nitrogens with zero attached hydrogens (tertiary/aromatic N) is 1. The minimum absolute atomic E-state index is 0.134. The highest BCUT2D eigenvalue weighted by Gasteiger charge is 2.34. The van der Waals surface area contributed by atoms with Crippen molar-refractivity contribution in [1.29, 1.82) is 0 Å². The molecule has 1 heterocycles. The third-order valence-electron chi connectivity index (χ3n) is 4.01. The smallest absolute Gasteiger partial charge is 0.399 e. The van der Waals surface area contributed by atoms with E-state index >= 15 is 0 Å². The number of nitrogen functional groups attached to an aromatic ring is 1. The van der Waals surface area contributed by atoms with E-state index in [0.29, 0.717) is 0 Å². The van der Waals surface area contributed by atoms with Gasteiger partial charge >= 0.3 is 6.18 Å². The summed E-state index contributed by atoms with van der Waals surface area (Å²) in [7, 11) is 0. The number of alkyl halides is 3. The molecule has 1 aliphatic rings. The third kappa shape index (κ3) is 2.89. The van der Waals surface area contributed by atoms with Gasteiger partial charge in [-0.3, -0.25) is 0 Å². The second-order valence-electron chi connectivity index (χ2n) is 5.57. The zero-order chi connectivity index (χ0) is 15.7. The Bertz CT molecular complexity index is 680. The summed E-state index contributed by atoms with van der Waals surface area (Å²) in [5.41, 5.74) is 7.49. The van der Waals surface area contributed by atoms with E-state index in [0.717, 1.165) is 31.1 Å². The predicted molar refractivity (Wildman–Crippen MR) is 81.7 cm³/mol. The summed E-state index contributed by atoms with van der Waals surface area (Å²) in [6, 6.07) is 11.9. The Balaban J connectivity index is 1.95. The van der Waals surface area contributed by atoms with E-state index in [1.807, 2.05) is 29.2 Å². The van der Waals surface area contributed by atoms with Crippen molar-refractivity contribution in [2.45, 2.75) is 25.6 Å². The van der Waals surface area contributed by atoms with Crippen molar-refractivity contribution in [3.8, 4) is 0 Å². The molecule has 0 saturated carbocycles. The van der Waals surface area contributed by atoms with Gasteiger partial charge in [0.15, 0.2) is 0 Å². The third-order valence-corrected chi connectivity index (χ3v) is 4.01. The van der Waals surface area contributed by atoms with Crippen LogP contribution >= 0.6 is 0 Å². The maximum absolute atomic E-state index is 13.2. The molecule has 0 amide bonds. The van der Waals surface area contributed by atoms with Crippen molar-refractivity contribution in [2.24, 2.45) is 0 Å². The van der Waals surface area contributed by atoms with Crippen molar-refractivity contribution in [3.63, 3.8) is 0 Å². The van der Waals surface area contributed by atoms with Crippen molar-refractivity contribution >= 4 is 11.4 Å². The van der Waals surface area contributed by atoms with Gasteiger partial charge in [-0.2, -0.15) is 13.2 Å². The average Bonchev–Trinajstić information content (AvgIpc) is 2.48. The topological polar surface area (TPSA) is 29.3 Å². The lowest BCUT2D eigenvalue weighted by atomic mass is 9.99. The Morgan fingerprint density at radius 3 is 2.64 bits per heavy atom. The zero-order valence-corrected chi connectivity index (χ0v) is 12.0. The van der Waals surface area contributed by atoms with Crippen LogP contribution in [0.3, 0.4) is 0 Å². The second kappa shape index (κ2) is 5.55. The SMILES string of the molecule is Nc1ccc(CN2CCCc3ccccc32)c(C(F)(F)F)c1. The molecule has 22 heavy (non-hydrogen) atoms. The number of aryl methyl sites for hydroxylation is 1. The molecule has 2 N–H and O–H groups in total. The number of halogens is 3. The van der Waals surface area contributed by atoms with Crippen LogP contribution in [0.4, 0.5) is 24.5 Å². The Labute approximate surface area is 127 Å². The first-order valence-corrected chi connectivity index (χ1v) is 7.23. The molecule has 0 fully saturated rings. The molecule has 0 aliphatic carbocycles. The van der Waals surface area contributed by atoms with E-state index < -0.39 is 11.7 Å². The van der Waals surface area contributed by atoms with Crippen LogP contribution in [-0.4, -0.2) is 6.54 Å². The normalized spacial score (nSPS) is 14.8. The quantitative estimate of drug-likeness (QED) is 0.841. The lowest BCUT2D eigenvalue weighted by Gasteiger charge is -2.32. The van der Waals surface area contributed by atoms with Gasteiger partial charge < -0.3 is 10.6 Å². The van der Waals surface area contributed by atoms with Crippen LogP contribution in [0.1, 0.15) is 23.1 Å². The van der Waals surface area contributed by atoms with Crippen molar-refractivity contribution in [1.82, 2.24) is 0 Å². The molecule has 0 bridgehead atoms. The van der Waals surface area contributed by atoms with Crippen LogP contribution in [0.5, 0.6) is 0 Å². The Hall–Kier alpha value is -2.17. The van der Waals surface area contributed by atoms with Crippen LogP contribution in [0.15, 0.2) is 42.5 Å². The largest absolute Gasteiger partial charge is 0.416 e. The van der Waals surface area contributed by atoms with Crippen LogP contribution in [0.25, 0.3) is 0 Å². The average molecular weight is 306 g/mol. The van der Waals surface area contributed by atoms with Gasteiger partial charge in [-0.15, -0.1) is 0 Å². The summed E-state index contributed by atoms with van der Waals surface area (Å²) in [6.45, 7) is 1.00. The minimum Gasteiger partial charge on any atom is -0.399 e. The van der Waals surface area contributed by atoms with Crippen LogP contribution in [-0.2, 0) is 19.1 Å². The zero-order valence-electron chi connectivity index (χ0n) is 12.0. The minimum atomic E-state index is -4.39. The highest BCUT2D eigenvalue weighted by atomic mass is 19.4. The Morgan fingerprint density at radius 2 is 1.86 bits per heavy atom. The van der Waals surface area contributed by atoms with Gasteiger partial charge in [-0.1, -0.05) is 24.3 Å². The molecule has 5 heteroatoms. The van der Waals surface area contributed by atoms with Gasteiger partial charge in [-0.05, 0) is 42.2 Å². The fraction of sp³-hybridized carbons (Fsp3) is 0.294. The molecule has 2 aromatic carbocycles. The second-order valence-corrected chi connectivity index (χ2v) is 5.57. The first kappa shape index (κ1) is 14.8. The molecular formula is C17H17F3N2. The van der Waals surface area contributed by atoms with Gasteiger partial charge in [0.25, 0.3) is 0 Å². The Morgan fingerprint density at radius 1 is 1.09 bits per heavy atom. The molecule has 116 valence electrons. The number of benzene rings is 2. The van der Waals surface area contributed by atoms with E-state index in [9.17, 15) is 13.2 Å². The highest BCUT2D eigenvalue weighted by Crippen LogP contribution is 2.35. The number of para-hydroxylation sites is 1. The van der Waals surface area contributed by atoms with Gasteiger partial charge in [0.1, 0.15) is 0 Å². The number of anilines is 2. The molecule has 0 radical (unpaired) electrons. The van der Waals surface area contributed by atoms with Crippen molar-refractivity contribution in [2.75, 3.05) is 17.2 Å². The maximum atomic E-state index is 13.2. The molecule has 1 aliphatic heterocycles. The highest BCUT2D eigenvalue weighted by molar-refractivity contribution is 5.56. The molecule has 0 aromatic heterocycles. The summed E-state index contributed by atoms with van der Waals surface area (Å²) < 4.78 is 39.6. The molecular weight excluding hydrogens is 289 g/mol. The molecule has 0 atom stereocenters. The fourth-order valence-electron chi connectivity index (χ4n) is 2.98. The van der Waals surface area contributed by atoms with Gasteiger partial charge in [0.05, 0.1) is 5.56 Å². The van der Waals surface area contributed by atoms with E-state index in [1.54, 1.807) is 0 Å². The summed E-state index contributed by atoms with van der Waals surface area (Å²) in [5, 5.41) is 0. The lowest BCUT2D eigenvalue weighted by Crippen LogP contribution is -2.29. The van der Waals surface area contributed by atoms with Gasteiger partial charge in [0.2, 0.25) is 0 Å². The number of nitrogens with two attached hydrogens (primary N) is 1. The van der Waals surface area contributed by atoms with E-state index in [-0.39, 0.29) is 17.8 Å². The number of rotatable bonds is 2. The molecule has 0 unspecified atom stereocenters. The summed E-state index contributed by atoms with van der Waals surface area (Å²) in [6.07, 6.45) is -2.46. The number of hydrogen-bond acceptors (Lipinski definition) is 2. The van der Waals surface area contributed by atoms with Gasteiger partial charge in [-0.25, -0.2) is 0 Å². The monoisotopic (exact) mass is 306 g/mol. The van der Waals surface area contributed by atoms with Crippen LogP contribution < -0.4 is 10.6 Å². The number of fused-ring (bicyclic) bond motifs is 1. The molecule has 2 nitrogen and oxygen atoms in total. The fourth-order valence-corrected chi connectivity index (χ4v) is 2.98. The molecule has 2 aromatic rings. The van der Waals surface area contributed by atoms with Crippen molar-refractivity contribution in [3.05, 3.63) is 59.2 Å². The van der Waals surface area contributed by atoms with E-state index in [1.165, 1.54) is 17.7 Å². The Kier molecular flexibility index (Phi) is 3.72. The first-order chi connectivity index (χ1) is 10.4. The molecule has 0 saturated heterocycles. The van der Waals surface area contributed by atoms with Gasteiger partial charge in [0, 0.05) is 24.5 Å². The summed E-state index contributed by atoms with van der Waals surface area (Å²) >= 11 is 0. The van der Waals surface area contributed by atoms with E-state index in [4.69, 9.17) is 5.73 Å². The van der Waals surface area contributed by atoms with Crippen LogP contribution in [0, 0.1) is 0 Å². The van der Waals surface area contributed by atoms with Crippen LogP contribution in [0.2, 0.25) is 0 Å². The van der Waals surface area contributed by atoms with Crippen molar-refractivity contribution < 1.29 is 13.2 Å². The van der Waals surface area contributed by atoms with E-state index in [2.05, 4.69) is 0 Å². The molecule has 0 spiro atoms. The predicted octanol–water partition coefficient (Wildman–Crippen LogP) is 4.24. The lowest BCUT2D eigenvalue weighted by molar-refractivity contribution is -0.138. The summed E-state index contributed by atoms with van der Waals surface area (Å²) in [5.74, 6) is 0. The maximum Gasteiger partial charge on any atom is 0.416 e. The molecule has 3 rings (SSSR count). The summed E-state index contributed by atoms with van der Waals surface area (Å²) in [4.78, 5) is 2.01. The number of hydrogen-bond donors (Lipinski definition) is 1.